The third kappa shape index (κ3) is 1.68. The summed E-state index contributed by atoms with van der Waals surface area (Å²) in [4.78, 5) is 7.83. The van der Waals surface area contributed by atoms with Gasteiger partial charge in [-0.1, -0.05) is 11.6 Å². The smallest absolute Gasteiger partial charge is 0.218 e. The van der Waals surface area contributed by atoms with Gasteiger partial charge in [0.15, 0.2) is 0 Å². The van der Waals surface area contributed by atoms with E-state index in [4.69, 9.17) is 11.6 Å². The fourth-order valence-corrected chi connectivity index (χ4v) is 0.968. The van der Waals surface area contributed by atoms with E-state index in [1.807, 2.05) is 13.8 Å². The number of hydrogen-bond acceptors (Lipinski definition) is 3. The lowest BCUT2D eigenvalue weighted by Crippen LogP contribution is -2.31. The Hall–Kier alpha value is -0.570. The number of hydrogen-bond donors (Lipinski definition) is 1. The van der Waals surface area contributed by atoms with Gasteiger partial charge in [-0.15, -0.1) is 0 Å². The normalized spacial score (nSPS) is 20.3. The van der Waals surface area contributed by atoms with Gasteiger partial charge in [0.05, 0.1) is 0 Å². The van der Waals surface area contributed by atoms with Crippen molar-refractivity contribution in [3.8, 4) is 0 Å². The van der Waals surface area contributed by atoms with E-state index in [0.717, 1.165) is 11.7 Å². The molecule has 1 aliphatic heterocycles. The fraction of sp³-hybridized carbons (Fsp3) is 0.600. The van der Waals surface area contributed by atoms with Crippen molar-refractivity contribution in [1.82, 2.24) is 5.32 Å². The zero-order valence-electron chi connectivity index (χ0n) is 5.35. The second-order valence-corrected chi connectivity index (χ2v) is 2.26. The molecule has 1 aliphatic rings. The molecule has 4 heteroatoms. The number of alkyl halides is 1. The number of halogens is 1. The Morgan fingerprint density at radius 3 is 2.11 bits per heavy atom. The zero-order chi connectivity index (χ0) is 6.85. The Bertz CT molecular complexity index is 155. The molecular weight excluding hydrogens is 138 g/mol. The minimum Gasteiger partial charge on any atom is -0.333 e. The van der Waals surface area contributed by atoms with Gasteiger partial charge < -0.3 is 5.32 Å². The van der Waals surface area contributed by atoms with Crippen LogP contribution in [0.4, 0.5) is 0 Å². The van der Waals surface area contributed by atoms with Gasteiger partial charge in [-0.05, 0) is 13.8 Å². The SMILES string of the molecule is CC1=NC(Cl)N=C(C)N1. The van der Waals surface area contributed by atoms with Crippen molar-refractivity contribution in [2.75, 3.05) is 0 Å². The van der Waals surface area contributed by atoms with E-state index in [2.05, 4.69) is 15.3 Å². The van der Waals surface area contributed by atoms with Gasteiger partial charge in [0.25, 0.3) is 0 Å². The summed E-state index contributed by atoms with van der Waals surface area (Å²) in [7, 11) is 0. The Labute approximate surface area is 58.8 Å². The number of nitrogens with zero attached hydrogens (tertiary/aromatic N) is 2. The average Bonchev–Trinajstić information content (AvgIpc) is 1.59. The summed E-state index contributed by atoms with van der Waals surface area (Å²) in [5, 5.41) is 2.93. The van der Waals surface area contributed by atoms with Crippen LogP contribution in [0.15, 0.2) is 9.98 Å². The summed E-state index contributed by atoms with van der Waals surface area (Å²) < 4.78 is 0. The molecule has 0 aromatic heterocycles. The van der Waals surface area contributed by atoms with Gasteiger partial charge in [-0.3, -0.25) is 0 Å². The summed E-state index contributed by atoms with van der Waals surface area (Å²) in [5.74, 6) is 1.64. The standard InChI is InChI=1S/C5H8ClN3/c1-3-7-4(2)9-5(6)8-3/h5H,1-2H3,(H,7,8,9). The van der Waals surface area contributed by atoms with Crippen molar-refractivity contribution < 1.29 is 0 Å². The van der Waals surface area contributed by atoms with Gasteiger partial charge in [0.2, 0.25) is 5.62 Å². The highest BCUT2D eigenvalue weighted by Crippen LogP contribution is 2.03. The minimum atomic E-state index is -0.425. The summed E-state index contributed by atoms with van der Waals surface area (Å²) in [5.41, 5.74) is -0.425. The van der Waals surface area contributed by atoms with Crippen LogP contribution >= 0.6 is 11.6 Å². The molecule has 0 amide bonds. The predicted octanol–water partition coefficient (Wildman–Crippen LogP) is 0.949. The monoisotopic (exact) mass is 145 g/mol. The van der Waals surface area contributed by atoms with E-state index < -0.39 is 5.62 Å². The molecule has 1 rings (SSSR count). The second kappa shape index (κ2) is 2.35. The molecule has 0 bridgehead atoms. The van der Waals surface area contributed by atoms with E-state index in [1.165, 1.54) is 0 Å². The van der Waals surface area contributed by atoms with Crippen molar-refractivity contribution in [1.29, 1.82) is 0 Å². The molecule has 1 N–H and O–H groups in total. The summed E-state index contributed by atoms with van der Waals surface area (Å²) in [6.07, 6.45) is 0. The second-order valence-electron chi connectivity index (χ2n) is 1.86. The molecular formula is C5H8ClN3. The Balaban J connectivity index is 2.69. The van der Waals surface area contributed by atoms with Crippen LogP contribution in [0.5, 0.6) is 0 Å². The van der Waals surface area contributed by atoms with Crippen LogP contribution in [0.25, 0.3) is 0 Å². The topological polar surface area (TPSA) is 36.8 Å². The first-order chi connectivity index (χ1) is 4.18. The molecule has 0 unspecified atom stereocenters. The quantitative estimate of drug-likeness (QED) is 0.400. The molecule has 0 aromatic carbocycles. The number of rotatable bonds is 0. The minimum absolute atomic E-state index is 0.425. The Morgan fingerprint density at radius 2 is 1.78 bits per heavy atom. The largest absolute Gasteiger partial charge is 0.333 e. The van der Waals surface area contributed by atoms with Gasteiger partial charge in [-0.2, -0.15) is 0 Å². The molecule has 3 nitrogen and oxygen atoms in total. The first kappa shape index (κ1) is 6.55. The van der Waals surface area contributed by atoms with E-state index >= 15 is 0 Å². The molecule has 1 heterocycles. The lowest BCUT2D eigenvalue weighted by molar-refractivity contribution is 0.919. The molecule has 0 radical (unpaired) electrons. The van der Waals surface area contributed by atoms with E-state index in [1.54, 1.807) is 0 Å². The summed E-state index contributed by atoms with van der Waals surface area (Å²) in [6.45, 7) is 3.71. The highest BCUT2D eigenvalue weighted by atomic mass is 35.5. The molecule has 50 valence electrons. The maximum atomic E-state index is 5.59. The molecule has 0 saturated carbocycles. The van der Waals surface area contributed by atoms with Crippen molar-refractivity contribution in [3.05, 3.63) is 0 Å². The van der Waals surface area contributed by atoms with E-state index in [9.17, 15) is 0 Å². The van der Waals surface area contributed by atoms with Crippen molar-refractivity contribution in [3.63, 3.8) is 0 Å². The number of amidine groups is 2. The molecule has 9 heavy (non-hydrogen) atoms. The highest BCUT2D eigenvalue weighted by molar-refractivity contribution is 6.22. The highest BCUT2D eigenvalue weighted by Gasteiger charge is 2.05. The maximum absolute atomic E-state index is 5.59. The maximum Gasteiger partial charge on any atom is 0.218 e. The lowest BCUT2D eigenvalue weighted by Gasteiger charge is -2.11. The van der Waals surface area contributed by atoms with Crippen LogP contribution in [0.2, 0.25) is 0 Å². The Kier molecular flexibility index (Phi) is 1.71. The lowest BCUT2D eigenvalue weighted by atomic mass is 10.5. The van der Waals surface area contributed by atoms with E-state index in [-0.39, 0.29) is 0 Å². The first-order valence-electron chi connectivity index (χ1n) is 2.68. The predicted molar refractivity (Wildman–Crippen MR) is 39.0 cm³/mol. The van der Waals surface area contributed by atoms with Gasteiger partial charge in [-0.25, -0.2) is 9.98 Å². The summed E-state index contributed by atoms with van der Waals surface area (Å²) in [6, 6.07) is 0. The van der Waals surface area contributed by atoms with Crippen LogP contribution in [0.1, 0.15) is 13.8 Å². The Morgan fingerprint density at radius 1 is 1.33 bits per heavy atom. The molecule has 0 saturated heterocycles. The molecule has 0 aliphatic carbocycles. The van der Waals surface area contributed by atoms with Gasteiger partial charge in [0, 0.05) is 0 Å². The number of nitrogens with one attached hydrogen (secondary N) is 1. The first-order valence-corrected chi connectivity index (χ1v) is 3.12. The molecule has 0 spiro atoms. The van der Waals surface area contributed by atoms with Crippen LogP contribution < -0.4 is 5.32 Å². The third-order valence-corrected chi connectivity index (χ3v) is 1.16. The van der Waals surface area contributed by atoms with Crippen LogP contribution in [0, 0.1) is 0 Å². The molecule has 0 aromatic rings. The number of aliphatic imine (C=N–C) groups is 2. The van der Waals surface area contributed by atoms with Crippen molar-refractivity contribution >= 4 is 23.3 Å². The van der Waals surface area contributed by atoms with Crippen molar-refractivity contribution in [2.24, 2.45) is 9.98 Å². The van der Waals surface area contributed by atoms with Crippen LogP contribution in [-0.4, -0.2) is 17.3 Å². The van der Waals surface area contributed by atoms with Crippen LogP contribution in [-0.2, 0) is 0 Å². The van der Waals surface area contributed by atoms with E-state index in [0.29, 0.717) is 0 Å². The molecule has 0 atom stereocenters. The summed E-state index contributed by atoms with van der Waals surface area (Å²) >= 11 is 5.59. The molecule has 0 fully saturated rings. The van der Waals surface area contributed by atoms with Crippen molar-refractivity contribution in [2.45, 2.75) is 19.5 Å². The fourth-order valence-electron chi connectivity index (χ4n) is 0.675. The van der Waals surface area contributed by atoms with Crippen LogP contribution in [0.3, 0.4) is 0 Å². The van der Waals surface area contributed by atoms with Gasteiger partial charge >= 0.3 is 0 Å². The van der Waals surface area contributed by atoms with Gasteiger partial charge in [0.1, 0.15) is 11.7 Å². The average molecular weight is 146 g/mol. The zero-order valence-corrected chi connectivity index (χ0v) is 6.11. The third-order valence-electron chi connectivity index (χ3n) is 0.962.